The van der Waals surface area contributed by atoms with E-state index in [1.165, 1.54) is 41.8 Å². The predicted molar refractivity (Wildman–Crippen MR) is 158 cm³/mol. The molecule has 0 aliphatic carbocycles. The summed E-state index contributed by atoms with van der Waals surface area (Å²) in [7, 11) is -3.53. The zero-order valence-electron chi connectivity index (χ0n) is 22.5. The van der Waals surface area contributed by atoms with Crippen LogP contribution in [0.3, 0.4) is 0 Å². The van der Waals surface area contributed by atoms with Gasteiger partial charge in [-0.05, 0) is 51.1 Å². The zero-order chi connectivity index (χ0) is 29.4. The summed E-state index contributed by atoms with van der Waals surface area (Å²) in [5.74, 6) is -0.304. The molecular formula is C27H26FN7O4S2. The largest absolute Gasteiger partial charge is 0.457 e. The molecule has 0 bridgehead atoms. The van der Waals surface area contributed by atoms with E-state index in [2.05, 4.69) is 25.3 Å². The van der Waals surface area contributed by atoms with Crippen molar-refractivity contribution in [3.8, 4) is 22.8 Å². The minimum atomic E-state index is -3.53. The number of carbonyl (C=O) groups excluding carboxylic acids is 1. The topological polar surface area (TPSA) is 140 Å². The van der Waals surface area contributed by atoms with Crippen molar-refractivity contribution < 1.29 is 22.3 Å². The lowest BCUT2D eigenvalue weighted by Gasteiger charge is -2.18. The molecule has 0 unspecified atom stereocenters. The molecule has 0 atom stereocenters. The van der Waals surface area contributed by atoms with Crippen molar-refractivity contribution in [1.82, 2.24) is 19.7 Å². The molecule has 11 nitrogen and oxygen atoms in total. The maximum atomic E-state index is 14.9. The molecule has 3 N–H and O–H groups in total. The van der Waals surface area contributed by atoms with Gasteiger partial charge in [0.05, 0.1) is 38.9 Å². The highest BCUT2D eigenvalue weighted by atomic mass is 32.2. The van der Waals surface area contributed by atoms with Crippen LogP contribution in [0, 0.1) is 5.82 Å². The van der Waals surface area contributed by atoms with Crippen molar-refractivity contribution in [2.75, 3.05) is 21.6 Å². The molecule has 0 saturated heterocycles. The summed E-state index contributed by atoms with van der Waals surface area (Å²) in [6.07, 6.45) is 4.08. The number of nitrogens with zero attached hydrogens (tertiary/aromatic N) is 4. The second kappa shape index (κ2) is 10.8. The Morgan fingerprint density at radius 1 is 1.00 bits per heavy atom. The van der Waals surface area contributed by atoms with Gasteiger partial charge in [0.15, 0.2) is 0 Å². The quantitative estimate of drug-likeness (QED) is 0.202. The number of halogens is 1. The number of thiazole rings is 1. The first-order valence-electron chi connectivity index (χ1n) is 12.3. The standard InChI is InChI=1S/C27H26FN7O4S2/c1-27(2,3)35-14-22(25(33-35)16-5-8-23-21(11-16)30-15-40-23)32-26(36)31-20-7-6-17(12-19(20)28)39-18-9-10-29-24(13-18)34-41(4,37)38/h5-15H,1-4H3,(H,29,34)(H2,31,32,36). The number of pyridine rings is 1. The predicted octanol–water partition coefficient (Wildman–Crippen LogP) is 6.26. The first kappa shape index (κ1) is 28.0. The lowest BCUT2D eigenvalue weighted by Crippen LogP contribution is -2.22. The molecule has 5 rings (SSSR count). The SMILES string of the molecule is CC(C)(C)n1cc(NC(=O)Nc2ccc(Oc3ccnc(NS(C)(=O)=O)c3)cc2F)c(-c2ccc3scnc3c2)n1. The number of benzene rings is 2. The Kier molecular flexibility index (Phi) is 7.36. The third kappa shape index (κ3) is 6.78. The second-order valence-corrected chi connectivity index (χ2v) is 12.8. The van der Waals surface area contributed by atoms with Crippen LogP contribution in [0.25, 0.3) is 21.5 Å². The summed E-state index contributed by atoms with van der Waals surface area (Å²) in [4.78, 5) is 21.2. The Hall–Kier alpha value is -4.56. The number of fused-ring (bicyclic) bond motifs is 1. The molecule has 0 aliphatic heterocycles. The van der Waals surface area contributed by atoms with Crippen molar-refractivity contribution in [3.05, 3.63) is 72.3 Å². The van der Waals surface area contributed by atoms with Gasteiger partial charge in [-0.3, -0.25) is 9.40 Å². The number of hydrogen-bond acceptors (Lipinski definition) is 8. The van der Waals surface area contributed by atoms with Gasteiger partial charge in [0.2, 0.25) is 10.0 Å². The molecule has 0 fully saturated rings. The van der Waals surface area contributed by atoms with Crippen LogP contribution in [-0.4, -0.2) is 40.5 Å². The van der Waals surface area contributed by atoms with Crippen LogP contribution in [0.2, 0.25) is 0 Å². The fraction of sp³-hybridized carbons (Fsp3) is 0.185. The maximum Gasteiger partial charge on any atom is 0.323 e. The van der Waals surface area contributed by atoms with Gasteiger partial charge in [0, 0.05) is 30.1 Å². The first-order chi connectivity index (χ1) is 19.3. The Morgan fingerprint density at radius 2 is 1.76 bits per heavy atom. The van der Waals surface area contributed by atoms with Gasteiger partial charge in [-0.1, -0.05) is 6.07 Å². The molecule has 14 heteroatoms. The van der Waals surface area contributed by atoms with Crippen molar-refractivity contribution in [2.45, 2.75) is 26.3 Å². The molecule has 0 aliphatic rings. The van der Waals surface area contributed by atoms with Crippen molar-refractivity contribution in [3.63, 3.8) is 0 Å². The van der Waals surface area contributed by atoms with Gasteiger partial charge in [-0.25, -0.2) is 27.6 Å². The van der Waals surface area contributed by atoms with Crippen LogP contribution < -0.4 is 20.1 Å². The number of ether oxygens (including phenoxy) is 1. The van der Waals surface area contributed by atoms with E-state index in [4.69, 9.17) is 9.84 Å². The minimum Gasteiger partial charge on any atom is -0.457 e. The molecule has 0 radical (unpaired) electrons. The second-order valence-electron chi connectivity index (χ2n) is 10.1. The number of carbonyl (C=O) groups is 1. The molecule has 5 aromatic rings. The van der Waals surface area contributed by atoms with E-state index in [0.29, 0.717) is 11.4 Å². The summed E-state index contributed by atoms with van der Waals surface area (Å²) in [5.41, 5.74) is 3.95. The zero-order valence-corrected chi connectivity index (χ0v) is 24.1. The molecule has 2 amide bonds. The van der Waals surface area contributed by atoms with Crippen molar-refractivity contribution in [1.29, 1.82) is 0 Å². The number of urea groups is 1. The molecule has 3 heterocycles. The summed E-state index contributed by atoms with van der Waals surface area (Å²) in [5, 5.41) is 10.0. The molecule has 212 valence electrons. The molecule has 3 aromatic heterocycles. The number of sulfonamides is 1. The van der Waals surface area contributed by atoms with E-state index in [1.807, 2.05) is 39.0 Å². The van der Waals surface area contributed by atoms with Gasteiger partial charge in [-0.15, -0.1) is 11.3 Å². The Morgan fingerprint density at radius 3 is 2.49 bits per heavy atom. The Balaban J connectivity index is 1.32. The highest BCUT2D eigenvalue weighted by Gasteiger charge is 2.21. The highest BCUT2D eigenvalue weighted by Crippen LogP contribution is 2.32. The van der Waals surface area contributed by atoms with Gasteiger partial charge in [0.1, 0.15) is 28.8 Å². The first-order valence-corrected chi connectivity index (χ1v) is 15.0. The van der Waals surface area contributed by atoms with Gasteiger partial charge in [-0.2, -0.15) is 5.10 Å². The monoisotopic (exact) mass is 595 g/mol. The average Bonchev–Trinajstić information content (AvgIpc) is 3.51. The fourth-order valence-corrected chi connectivity index (χ4v) is 4.97. The number of nitrogens with one attached hydrogen (secondary N) is 3. The van der Waals surface area contributed by atoms with Crippen LogP contribution in [0.15, 0.2) is 66.4 Å². The smallest absolute Gasteiger partial charge is 0.323 e. The third-order valence-electron chi connectivity index (χ3n) is 5.70. The van der Waals surface area contributed by atoms with Crippen LogP contribution in [0.1, 0.15) is 20.8 Å². The van der Waals surface area contributed by atoms with Gasteiger partial charge in [0.25, 0.3) is 0 Å². The van der Waals surface area contributed by atoms with E-state index in [9.17, 15) is 17.6 Å². The van der Waals surface area contributed by atoms with Gasteiger partial charge >= 0.3 is 6.03 Å². The highest BCUT2D eigenvalue weighted by molar-refractivity contribution is 7.92. The van der Waals surface area contributed by atoms with E-state index in [-0.39, 0.29) is 28.5 Å². The fourth-order valence-electron chi connectivity index (χ4n) is 3.82. The summed E-state index contributed by atoms with van der Waals surface area (Å²) < 4.78 is 48.5. The number of rotatable bonds is 7. The van der Waals surface area contributed by atoms with Crippen LogP contribution >= 0.6 is 11.3 Å². The number of anilines is 3. The molecule has 0 saturated carbocycles. The van der Waals surface area contributed by atoms with Crippen LogP contribution in [0.5, 0.6) is 11.5 Å². The number of aromatic nitrogens is 4. The Bertz CT molecular complexity index is 1860. The normalized spacial score (nSPS) is 11.8. The summed E-state index contributed by atoms with van der Waals surface area (Å²) in [6.45, 7) is 5.97. The van der Waals surface area contributed by atoms with Crippen molar-refractivity contribution in [2.24, 2.45) is 0 Å². The third-order valence-corrected chi connectivity index (χ3v) is 7.09. The molecule has 0 spiro atoms. The summed E-state index contributed by atoms with van der Waals surface area (Å²) >= 11 is 1.53. The number of hydrogen-bond donors (Lipinski definition) is 3. The van der Waals surface area contributed by atoms with Crippen LogP contribution in [-0.2, 0) is 15.6 Å². The van der Waals surface area contributed by atoms with E-state index < -0.39 is 21.9 Å². The lowest BCUT2D eigenvalue weighted by atomic mass is 10.1. The lowest BCUT2D eigenvalue weighted by molar-refractivity contribution is 0.262. The number of amides is 2. The van der Waals surface area contributed by atoms with Gasteiger partial charge < -0.3 is 15.4 Å². The van der Waals surface area contributed by atoms with E-state index in [1.54, 1.807) is 16.4 Å². The minimum absolute atomic E-state index is 0.0566. The molecular weight excluding hydrogens is 569 g/mol. The molecule has 2 aromatic carbocycles. The van der Waals surface area contributed by atoms with E-state index >= 15 is 0 Å². The molecule has 41 heavy (non-hydrogen) atoms. The maximum absolute atomic E-state index is 14.9. The summed E-state index contributed by atoms with van der Waals surface area (Å²) in [6, 6.07) is 11.9. The van der Waals surface area contributed by atoms with E-state index in [0.717, 1.165) is 28.1 Å². The Labute approximate surface area is 239 Å². The van der Waals surface area contributed by atoms with Crippen molar-refractivity contribution >= 4 is 54.8 Å². The average molecular weight is 596 g/mol. The van der Waals surface area contributed by atoms with Crippen LogP contribution in [0.4, 0.5) is 26.4 Å².